The second kappa shape index (κ2) is 8.08. The van der Waals surface area contributed by atoms with Crippen molar-refractivity contribution in [3.8, 4) is 5.75 Å². The number of nitrogens with zero attached hydrogens (tertiary/aromatic N) is 2. The number of ether oxygens (including phenoxy) is 2. The van der Waals surface area contributed by atoms with Gasteiger partial charge in [0.1, 0.15) is 11.6 Å². The summed E-state index contributed by atoms with van der Waals surface area (Å²) in [5, 5.41) is 0. The molecule has 0 N–H and O–H groups in total. The van der Waals surface area contributed by atoms with E-state index >= 15 is 0 Å². The number of rotatable bonds is 2. The molecule has 1 aromatic rings. The van der Waals surface area contributed by atoms with Gasteiger partial charge >= 0.3 is 12.3 Å². The summed E-state index contributed by atoms with van der Waals surface area (Å²) in [6.45, 7) is 1.22. The lowest BCUT2D eigenvalue weighted by Gasteiger charge is -2.41. The largest absolute Gasteiger partial charge is 0.492 e. The van der Waals surface area contributed by atoms with Gasteiger partial charge in [0.25, 0.3) is 0 Å². The number of amides is 1. The van der Waals surface area contributed by atoms with E-state index in [-0.39, 0.29) is 17.3 Å². The first-order chi connectivity index (χ1) is 15.2. The van der Waals surface area contributed by atoms with Gasteiger partial charge in [-0.25, -0.2) is 9.18 Å². The lowest BCUT2D eigenvalue weighted by Crippen LogP contribution is -2.48. The van der Waals surface area contributed by atoms with Crippen LogP contribution >= 0.6 is 0 Å². The zero-order chi connectivity index (χ0) is 22.5. The maximum Gasteiger partial charge on any atom is 0.422 e. The Kier molecular flexibility index (Phi) is 5.50. The molecular formula is C23H28F4N2O3. The van der Waals surface area contributed by atoms with Crippen LogP contribution in [0.1, 0.15) is 44.1 Å². The van der Waals surface area contributed by atoms with Gasteiger partial charge in [0.05, 0.1) is 6.61 Å². The number of carbonyl (C=O) groups is 1. The zero-order valence-corrected chi connectivity index (χ0v) is 17.9. The van der Waals surface area contributed by atoms with Crippen molar-refractivity contribution in [1.29, 1.82) is 0 Å². The van der Waals surface area contributed by atoms with Gasteiger partial charge in [0, 0.05) is 29.6 Å². The van der Waals surface area contributed by atoms with Gasteiger partial charge in [-0.2, -0.15) is 13.2 Å². The lowest BCUT2D eigenvalue weighted by molar-refractivity contribution is -0.163. The summed E-state index contributed by atoms with van der Waals surface area (Å²) in [7, 11) is 0. The van der Waals surface area contributed by atoms with Crippen LogP contribution in [0.5, 0.6) is 5.75 Å². The summed E-state index contributed by atoms with van der Waals surface area (Å²) < 4.78 is 61.6. The highest BCUT2D eigenvalue weighted by molar-refractivity contribution is 5.68. The smallest absolute Gasteiger partial charge is 0.422 e. The summed E-state index contributed by atoms with van der Waals surface area (Å²) in [6.07, 6.45) is -0.113. The van der Waals surface area contributed by atoms with E-state index in [0.29, 0.717) is 25.1 Å². The lowest BCUT2D eigenvalue weighted by atomic mass is 9.74. The SMILES string of the molecule is O=C(OCC(F)(F)F)N1CCCC2CC(N3CCC4(CC3)COc3ccc(F)cc34)CC21. The maximum atomic E-state index is 13.8. The molecule has 9 heteroatoms. The Morgan fingerprint density at radius 1 is 1.19 bits per heavy atom. The normalized spacial score (nSPS) is 29.5. The highest BCUT2D eigenvalue weighted by Crippen LogP contribution is 2.47. The minimum absolute atomic E-state index is 0.0602. The van der Waals surface area contributed by atoms with Crippen LogP contribution < -0.4 is 4.74 Å². The fourth-order valence-electron chi connectivity index (χ4n) is 6.27. The molecule has 3 atom stereocenters. The summed E-state index contributed by atoms with van der Waals surface area (Å²) in [5.41, 5.74) is 0.822. The van der Waals surface area contributed by atoms with Crippen molar-refractivity contribution >= 4 is 6.09 Å². The van der Waals surface area contributed by atoms with Crippen molar-refractivity contribution in [2.45, 2.75) is 62.2 Å². The Balaban J connectivity index is 1.21. The molecule has 5 nitrogen and oxygen atoms in total. The zero-order valence-electron chi connectivity index (χ0n) is 17.9. The summed E-state index contributed by atoms with van der Waals surface area (Å²) in [4.78, 5) is 16.3. The number of fused-ring (bicyclic) bond motifs is 3. The van der Waals surface area contributed by atoms with Gasteiger partial charge in [-0.3, -0.25) is 0 Å². The number of halogens is 4. The average Bonchev–Trinajstić information content (AvgIpc) is 3.34. The van der Waals surface area contributed by atoms with Crippen molar-refractivity contribution in [1.82, 2.24) is 9.80 Å². The van der Waals surface area contributed by atoms with Crippen LogP contribution in [-0.2, 0) is 10.2 Å². The number of hydrogen-bond donors (Lipinski definition) is 0. The van der Waals surface area contributed by atoms with Crippen LogP contribution in [0, 0.1) is 11.7 Å². The number of alkyl halides is 3. The molecule has 0 bridgehead atoms. The van der Waals surface area contributed by atoms with Crippen molar-refractivity contribution in [2.24, 2.45) is 5.92 Å². The molecule has 176 valence electrons. The third-order valence-corrected chi connectivity index (χ3v) is 7.89. The molecule has 1 saturated carbocycles. The molecular weight excluding hydrogens is 428 g/mol. The minimum atomic E-state index is -4.52. The maximum absolute atomic E-state index is 13.8. The first kappa shape index (κ1) is 21.8. The summed E-state index contributed by atoms with van der Waals surface area (Å²) in [6, 6.07) is 4.98. The molecule has 2 saturated heterocycles. The van der Waals surface area contributed by atoms with Gasteiger partial charge in [-0.15, -0.1) is 0 Å². The van der Waals surface area contributed by atoms with Crippen LogP contribution in [0.15, 0.2) is 18.2 Å². The first-order valence-corrected chi connectivity index (χ1v) is 11.4. The fraction of sp³-hybridized carbons (Fsp3) is 0.696. The Morgan fingerprint density at radius 3 is 2.72 bits per heavy atom. The Bertz CT molecular complexity index is 869. The molecule has 0 aromatic heterocycles. The standard InChI is InChI=1S/C23H28F4N2O3/c24-16-3-4-20-18(11-16)22(13-31-20)5-8-28(9-6-22)17-10-15-2-1-7-29(19(15)12-17)21(30)32-14-23(25,26)27/h3-4,11,15,17,19H,1-2,5-10,12-14H2. The van der Waals surface area contributed by atoms with Crippen LogP contribution in [0.4, 0.5) is 22.4 Å². The molecule has 1 spiro atoms. The molecule has 5 rings (SSSR count). The Morgan fingerprint density at radius 2 is 1.97 bits per heavy atom. The Hall–Kier alpha value is -2.03. The third-order valence-electron chi connectivity index (χ3n) is 7.89. The van der Waals surface area contributed by atoms with Crippen molar-refractivity contribution in [3.05, 3.63) is 29.6 Å². The van der Waals surface area contributed by atoms with E-state index in [4.69, 9.17) is 4.74 Å². The van der Waals surface area contributed by atoms with E-state index in [2.05, 4.69) is 9.64 Å². The van der Waals surface area contributed by atoms with Crippen LogP contribution in [0.25, 0.3) is 0 Å². The molecule has 0 radical (unpaired) electrons. The number of carbonyl (C=O) groups excluding carboxylic acids is 1. The van der Waals surface area contributed by atoms with Gasteiger partial charge in [0.15, 0.2) is 6.61 Å². The van der Waals surface area contributed by atoms with E-state index in [9.17, 15) is 22.4 Å². The molecule has 1 aliphatic carbocycles. The Labute approximate surface area is 184 Å². The molecule has 3 unspecified atom stereocenters. The molecule has 1 aromatic carbocycles. The number of likely N-dealkylation sites (tertiary alicyclic amines) is 2. The molecule has 1 amide bonds. The van der Waals surface area contributed by atoms with Crippen LogP contribution in [0.2, 0.25) is 0 Å². The van der Waals surface area contributed by atoms with E-state index in [0.717, 1.165) is 62.9 Å². The number of benzene rings is 1. The first-order valence-electron chi connectivity index (χ1n) is 11.4. The monoisotopic (exact) mass is 456 g/mol. The third kappa shape index (κ3) is 4.04. The van der Waals surface area contributed by atoms with Gasteiger partial charge in [-0.1, -0.05) is 0 Å². The summed E-state index contributed by atoms with van der Waals surface area (Å²) >= 11 is 0. The second-order valence-electron chi connectivity index (χ2n) is 9.70. The number of piperidine rings is 2. The van der Waals surface area contributed by atoms with E-state index < -0.39 is 18.9 Å². The van der Waals surface area contributed by atoms with Crippen LogP contribution in [-0.4, -0.2) is 67.0 Å². The molecule has 4 aliphatic rings. The number of hydrogen-bond acceptors (Lipinski definition) is 4. The van der Waals surface area contributed by atoms with E-state index in [1.54, 1.807) is 12.1 Å². The molecule has 3 aliphatic heterocycles. The molecule has 32 heavy (non-hydrogen) atoms. The highest BCUT2D eigenvalue weighted by Gasteiger charge is 2.48. The second-order valence-corrected chi connectivity index (χ2v) is 9.70. The predicted molar refractivity (Wildman–Crippen MR) is 108 cm³/mol. The van der Waals surface area contributed by atoms with Gasteiger partial charge in [-0.05, 0) is 75.7 Å². The molecule has 3 fully saturated rings. The van der Waals surface area contributed by atoms with E-state index in [1.165, 1.54) is 11.0 Å². The van der Waals surface area contributed by atoms with E-state index in [1.807, 2.05) is 0 Å². The fourth-order valence-corrected chi connectivity index (χ4v) is 6.27. The highest BCUT2D eigenvalue weighted by atomic mass is 19.4. The van der Waals surface area contributed by atoms with Crippen LogP contribution in [0.3, 0.4) is 0 Å². The molecule has 3 heterocycles. The van der Waals surface area contributed by atoms with Gasteiger partial charge < -0.3 is 19.3 Å². The summed E-state index contributed by atoms with van der Waals surface area (Å²) in [5.74, 6) is 0.834. The van der Waals surface area contributed by atoms with Gasteiger partial charge in [0.2, 0.25) is 0 Å². The van der Waals surface area contributed by atoms with Crippen molar-refractivity contribution < 1.29 is 31.8 Å². The van der Waals surface area contributed by atoms with Crippen molar-refractivity contribution in [3.63, 3.8) is 0 Å². The topological polar surface area (TPSA) is 42.0 Å². The van der Waals surface area contributed by atoms with Crippen molar-refractivity contribution in [2.75, 3.05) is 32.8 Å². The quantitative estimate of drug-likeness (QED) is 0.615. The minimum Gasteiger partial charge on any atom is -0.492 e. The predicted octanol–water partition coefficient (Wildman–Crippen LogP) is 4.49. The average molecular weight is 456 g/mol.